The van der Waals surface area contributed by atoms with Crippen LogP contribution in [0.2, 0.25) is 0 Å². The van der Waals surface area contributed by atoms with E-state index in [9.17, 15) is 9.18 Å². The molecular weight excluding hydrogens is 555 g/mol. The number of halogens is 2. The zero-order valence-electron chi connectivity index (χ0n) is 20.2. The van der Waals surface area contributed by atoms with Gasteiger partial charge in [-0.2, -0.15) is 0 Å². The summed E-state index contributed by atoms with van der Waals surface area (Å²) in [4.78, 5) is 18.5. The lowest BCUT2D eigenvalue weighted by molar-refractivity contribution is -0.115. The highest BCUT2D eigenvalue weighted by Crippen LogP contribution is 2.43. The average Bonchev–Trinajstić information content (AvgIpc) is 3.50. The van der Waals surface area contributed by atoms with Crippen molar-refractivity contribution in [3.05, 3.63) is 100 Å². The number of hydrogen-bond acceptors (Lipinski definition) is 4. The standard InChI is InChI=1S/C28H24BrFN4O2S/c1-3-25(35)32-21-10-8-18(14-16(21)2)34-27(26(33-28(34)37)22-6-4-5-13-31-22)24-12-11-23(36-24)19-9-7-17(29)15-20(19)30/h4-15,26-27H,3H2,1-2H3,(H,32,35)(H,33,37)/t26-,27-/m0/s1. The summed E-state index contributed by atoms with van der Waals surface area (Å²) in [5, 5.41) is 6.83. The molecule has 2 atom stereocenters. The van der Waals surface area contributed by atoms with E-state index in [1.165, 1.54) is 6.07 Å². The molecule has 5 rings (SSSR count). The predicted octanol–water partition coefficient (Wildman–Crippen LogP) is 7.08. The summed E-state index contributed by atoms with van der Waals surface area (Å²) in [7, 11) is 0. The topological polar surface area (TPSA) is 70.4 Å². The van der Waals surface area contributed by atoms with E-state index < -0.39 is 0 Å². The van der Waals surface area contributed by atoms with Crippen LogP contribution in [0, 0.1) is 12.7 Å². The van der Waals surface area contributed by atoms with Gasteiger partial charge in [0, 0.05) is 28.5 Å². The van der Waals surface area contributed by atoms with Crippen molar-refractivity contribution in [2.24, 2.45) is 0 Å². The van der Waals surface area contributed by atoms with Gasteiger partial charge in [-0.1, -0.05) is 28.9 Å². The number of rotatable bonds is 6. The lowest BCUT2D eigenvalue weighted by Crippen LogP contribution is -2.29. The van der Waals surface area contributed by atoms with Crippen molar-refractivity contribution in [3.63, 3.8) is 0 Å². The molecule has 3 heterocycles. The lowest BCUT2D eigenvalue weighted by Gasteiger charge is -2.26. The van der Waals surface area contributed by atoms with Crippen molar-refractivity contribution in [2.75, 3.05) is 10.2 Å². The molecule has 0 saturated carbocycles. The van der Waals surface area contributed by atoms with Gasteiger partial charge >= 0.3 is 0 Å². The molecular formula is C28H24BrFN4O2S. The number of nitrogens with one attached hydrogen (secondary N) is 2. The Labute approximate surface area is 228 Å². The molecule has 188 valence electrons. The normalized spacial score (nSPS) is 17.1. The second-order valence-corrected chi connectivity index (χ2v) is 10.0. The van der Waals surface area contributed by atoms with Crippen LogP contribution in [0.25, 0.3) is 11.3 Å². The van der Waals surface area contributed by atoms with Crippen molar-refractivity contribution in [2.45, 2.75) is 32.4 Å². The molecule has 1 aliphatic heterocycles. The second-order valence-electron chi connectivity index (χ2n) is 8.72. The number of pyridine rings is 1. The SMILES string of the molecule is CCC(=O)Nc1ccc(N2C(=S)N[C@@H](c3ccccn3)[C@@H]2c2ccc(-c3ccc(Br)cc3F)o2)cc1C. The number of hydrogen-bond donors (Lipinski definition) is 2. The quantitative estimate of drug-likeness (QED) is 0.238. The fraction of sp³-hybridized carbons (Fsp3) is 0.179. The number of benzene rings is 2. The Balaban J connectivity index is 1.57. The Morgan fingerprint density at radius 1 is 1.19 bits per heavy atom. The van der Waals surface area contributed by atoms with Gasteiger partial charge in [0.05, 0.1) is 17.3 Å². The molecule has 1 amide bonds. The Morgan fingerprint density at radius 3 is 2.73 bits per heavy atom. The molecule has 37 heavy (non-hydrogen) atoms. The average molecular weight is 579 g/mol. The monoisotopic (exact) mass is 578 g/mol. The van der Waals surface area contributed by atoms with Crippen LogP contribution in [-0.2, 0) is 4.79 Å². The Bertz CT molecular complexity index is 1480. The van der Waals surface area contributed by atoms with Gasteiger partial charge in [0.15, 0.2) is 5.11 Å². The molecule has 4 aromatic rings. The summed E-state index contributed by atoms with van der Waals surface area (Å²) in [6.45, 7) is 3.75. The highest BCUT2D eigenvalue weighted by Gasteiger charge is 2.42. The first kappa shape index (κ1) is 25.1. The van der Waals surface area contributed by atoms with Crippen molar-refractivity contribution in [1.82, 2.24) is 10.3 Å². The van der Waals surface area contributed by atoms with E-state index in [2.05, 4.69) is 31.5 Å². The minimum atomic E-state index is -0.384. The van der Waals surface area contributed by atoms with E-state index in [4.69, 9.17) is 16.6 Å². The zero-order chi connectivity index (χ0) is 26.1. The third-order valence-electron chi connectivity index (χ3n) is 6.30. The molecule has 6 nitrogen and oxygen atoms in total. The molecule has 1 fully saturated rings. The number of thiocarbonyl (C=S) groups is 1. The molecule has 0 aliphatic carbocycles. The van der Waals surface area contributed by atoms with Crippen LogP contribution in [0.5, 0.6) is 0 Å². The molecule has 0 radical (unpaired) electrons. The van der Waals surface area contributed by atoms with Gasteiger partial charge in [-0.05, 0) is 85.4 Å². The highest BCUT2D eigenvalue weighted by molar-refractivity contribution is 9.10. The van der Waals surface area contributed by atoms with Gasteiger partial charge in [-0.15, -0.1) is 0 Å². The molecule has 2 aromatic heterocycles. The Hall–Kier alpha value is -3.56. The highest BCUT2D eigenvalue weighted by atomic mass is 79.9. The zero-order valence-corrected chi connectivity index (χ0v) is 22.6. The number of carbonyl (C=O) groups is 1. The molecule has 0 bridgehead atoms. The maximum atomic E-state index is 14.7. The van der Waals surface area contributed by atoms with Gasteiger partial charge in [0.2, 0.25) is 5.91 Å². The number of furan rings is 1. The number of nitrogens with zero attached hydrogens (tertiary/aromatic N) is 2. The largest absolute Gasteiger partial charge is 0.459 e. The maximum absolute atomic E-state index is 14.7. The van der Waals surface area contributed by atoms with E-state index in [-0.39, 0.29) is 23.8 Å². The van der Waals surface area contributed by atoms with Gasteiger partial charge in [-0.3, -0.25) is 9.78 Å². The first-order valence-corrected chi connectivity index (χ1v) is 13.0. The summed E-state index contributed by atoms with van der Waals surface area (Å²) in [5.41, 5.74) is 3.65. The van der Waals surface area contributed by atoms with Gasteiger partial charge in [-0.25, -0.2) is 4.39 Å². The third kappa shape index (κ3) is 5.01. The fourth-order valence-corrected chi connectivity index (χ4v) is 5.12. The van der Waals surface area contributed by atoms with Gasteiger partial charge in [0.1, 0.15) is 23.4 Å². The molecule has 0 spiro atoms. The lowest BCUT2D eigenvalue weighted by atomic mass is 10.0. The fourth-order valence-electron chi connectivity index (χ4n) is 4.44. The molecule has 2 N–H and O–H groups in total. The minimum Gasteiger partial charge on any atom is -0.459 e. The number of aryl methyl sites for hydroxylation is 1. The van der Waals surface area contributed by atoms with E-state index >= 15 is 0 Å². The summed E-state index contributed by atoms with van der Waals surface area (Å²) in [5.74, 6) is 0.604. The summed E-state index contributed by atoms with van der Waals surface area (Å²) >= 11 is 9.09. The summed E-state index contributed by atoms with van der Waals surface area (Å²) < 4.78 is 21.6. The molecule has 2 aromatic carbocycles. The van der Waals surface area contributed by atoms with E-state index in [1.807, 2.05) is 61.2 Å². The Morgan fingerprint density at radius 2 is 2.03 bits per heavy atom. The van der Waals surface area contributed by atoms with Gasteiger partial charge < -0.3 is 20.0 Å². The molecule has 0 unspecified atom stereocenters. The number of anilines is 2. The number of carbonyl (C=O) groups excluding carboxylic acids is 1. The second kappa shape index (κ2) is 10.4. The Kier molecular flexibility index (Phi) is 7.08. The van der Waals surface area contributed by atoms with Crippen LogP contribution in [0.4, 0.5) is 15.8 Å². The van der Waals surface area contributed by atoms with E-state index in [1.54, 1.807) is 24.4 Å². The predicted molar refractivity (Wildman–Crippen MR) is 150 cm³/mol. The van der Waals surface area contributed by atoms with Crippen molar-refractivity contribution < 1.29 is 13.6 Å². The van der Waals surface area contributed by atoms with Crippen molar-refractivity contribution in [1.29, 1.82) is 0 Å². The van der Waals surface area contributed by atoms with Crippen molar-refractivity contribution in [3.8, 4) is 11.3 Å². The number of amides is 1. The van der Waals surface area contributed by atoms with Crippen LogP contribution in [0.1, 0.15) is 42.4 Å². The summed E-state index contributed by atoms with van der Waals surface area (Å²) in [6, 6.07) is 19.3. The third-order valence-corrected chi connectivity index (χ3v) is 7.10. The van der Waals surface area contributed by atoms with Crippen LogP contribution in [-0.4, -0.2) is 16.0 Å². The van der Waals surface area contributed by atoms with Crippen LogP contribution >= 0.6 is 28.1 Å². The summed E-state index contributed by atoms with van der Waals surface area (Å²) in [6.07, 6.45) is 2.13. The van der Waals surface area contributed by atoms with Crippen LogP contribution < -0.4 is 15.5 Å². The van der Waals surface area contributed by atoms with Crippen molar-refractivity contribution >= 4 is 50.5 Å². The number of aromatic nitrogens is 1. The first-order valence-electron chi connectivity index (χ1n) is 11.8. The van der Waals surface area contributed by atoms with E-state index in [0.29, 0.717) is 33.1 Å². The molecule has 9 heteroatoms. The molecule has 1 aliphatic rings. The first-order chi connectivity index (χ1) is 17.9. The van der Waals surface area contributed by atoms with Crippen LogP contribution in [0.15, 0.2) is 81.8 Å². The molecule has 1 saturated heterocycles. The maximum Gasteiger partial charge on any atom is 0.224 e. The van der Waals surface area contributed by atoms with E-state index in [0.717, 1.165) is 22.6 Å². The minimum absolute atomic E-state index is 0.0504. The smallest absolute Gasteiger partial charge is 0.224 e. The van der Waals surface area contributed by atoms with Gasteiger partial charge in [0.25, 0.3) is 0 Å². The van der Waals surface area contributed by atoms with Crippen LogP contribution in [0.3, 0.4) is 0 Å².